The largest absolute Gasteiger partial charge is 0.481 e. The zero-order chi connectivity index (χ0) is 24.9. The molecule has 2 aliphatic rings. The molecule has 4 N–H and O–H groups in total. The molecule has 6 nitrogen and oxygen atoms in total. The third-order valence-electron chi connectivity index (χ3n) is 7.44. The van der Waals surface area contributed by atoms with Gasteiger partial charge in [0.15, 0.2) is 0 Å². The van der Waals surface area contributed by atoms with Crippen LogP contribution in [0.1, 0.15) is 67.3 Å². The number of allylic oxidation sites excluding steroid dienone is 2. The Morgan fingerprint density at radius 2 is 1.65 bits per heavy atom. The van der Waals surface area contributed by atoms with Gasteiger partial charge in [-0.15, -0.1) is 11.3 Å². The third kappa shape index (κ3) is 3.96. The van der Waals surface area contributed by atoms with E-state index in [4.69, 9.17) is 5.73 Å². The van der Waals surface area contributed by atoms with Gasteiger partial charge in [0, 0.05) is 10.4 Å². The van der Waals surface area contributed by atoms with Gasteiger partial charge < -0.3 is 16.2 Å². The molecule has 1 aromatic heterocycles. The minimum absolute atomic E-state index is 0.0720. The fourth-order valence-electron chi connectivity index (χ4n) is 6.05. The van der Waals surface area contributed by atoms with Crippen LogP contribution in [0.3, 0.4) is 0 Å². The summed E-state index contributed by atoms with van der Waals surface area (Å²) in [5.41, 5.74) is 11.1. The maximum absolute atomic E-state index is 13.5. The maximum atomic E-state index is 13.5. The zero-order valence-corrected chi connectivity index (χ0v) is 21.1. The van der Waals surface area contributed by atoms with Gasteiger partial charge in [0.05, 0.1) is 17.4 Å². The highest BCUT2D eigenvalue weighted by atomic mass is 32.1. The Hall–Kier alpha value is -2.93. The molecular weight excluding hydrogens is 448 g/mol. The molecule has 7 heteroatoms. The number of aliphatic carboxylic acids is 1. The van der Waals surface area contributed by atoms with Crippen molar-refractivity contribution < 1.29 is 19.5 Å². The number of fused-ring (bicyclic) bond motifs is 2. The van der Waals surface area contributed by atoms with Crippen molar-refractivity contribution in [1.29, 1.82) is 0 Å². The molecule has 180 valence electrons. The number of amides is 2. The summed E-state index contributed by atoms with van der Waals surface area (Å²) in [6.45, 7) is 10.1. The van der Waals surface area contributed by atoms with Gasteiger partial charge in [-0.05, 0) is 62.5 Å². The van der Waals surface area contributed by atoms with Crippen LogP contribution in [-0.4, -0.2) is 22.9 Å². The Bertz CT molecular complexity index is 1190. The standard InChI is InChI=1S/C27H32N2O4S/c1-12(2)15-6-8-16(9-7-15)20-14(5)34-26(23(20)24(28)30)29-25(31)21-17-10-11-18(19(17)13(3)4)22(21)27(32)33/h6-9,12,17-18,21-22H,10-11H2,1-5H3,(H2,28,30)(H,29,31)(H,32,33)/t17-,18-,21-,22-/m0/s1. The highest BCUT2D eigenvalue weighted by Gasteiger charge is 2.57. The molecule has 1 aromatic carbocycles. The first-order valence-corrected chi connectivity index (χ1v) is 12.6. The molecule has 1 heterocycles. The summed E-state index contributed by atoms with van der Waals surface area (Å²) in [6, 6.07) is 8.02. The Morgan fingerprint density at radius 1 is 1.06 bits per heavy atom. The van der Waals surface area contributed by atoms with Gasteiger partial charge >= 0.3 is 5.97 Å². The summed E-state index contributed by atoms with van der Waals surface area (Å²) >= 11 is 1.31. The van der Waals surface area contributed by atoms with E-state index < -0.39 is 23.7 Å². The highest BCUT2D eigenvalue weighted by molar-refractivity contribution is 7.17. The number of carboxylic acid groups (broad SMARTS) is 1. The van der Waals surface area contributed by atoms with Crippen molar-refractivity contribution in [3.8, 4) is 11.1 Å². The van der Waals surface area contributed by atoms with Crippen LogP contribution in [0.25, 0.3) is 11.1 Å². The van der Waals surface area contributed by atoms with Crippen molar-refractivity contribution >= 4 is 34.1 Å². The normalized spacial score (nSPS) is 23.4. The Morgan fingerprint density at radius 3 is 2.15 bits per heavy atom. The number of hydrogen-bond donors (Lipinski definition) is 3. The molecule has 0 spiro atoms. The average Bonchev–Trinajstić information content (AvgIpc) is 3.42. The monoisotopic (exact) mass is 480 g/mol. The average molecular weight is 481 g/mol. The van der Waals surface area contributed by atoms with Crippen molar-refractivity contribution in [3.63, 3.8) is 0 Å². The number of carbonyl (C=O) groups is 3. The number of rotatable bonds is 6. The molecule has 2 saturated carbocycles. The Kier molecular flexibility index (Phi) is 6.42. The number of carbonyl (C=O) groups excluding carboxylic acids is 2. The molecule has 4 rings (SSSR count). The first-order valence-electron chi connectivity index (χ1n) is 11.8. The molecule has 4 atom stereocenters. The van der Waals surface area contributed by atoms with Crippen molar-refractivity contribution in [3.05, 3.63) is 51.4 Å². The zero-order valence-electron chi connectivity index (χ0n) is 20.3. The lowest BCUT2D eigenvalue weighted by atomic mass is 9.78. The van der Waals surface area contributed by atoms with Crippen molar-refractivity contribution in [2.75, 3.05) is 5.32 Å². The van der Waals surface area contributed by atoms with E-state index in [1.807, 2.05) is 45.0 Å². The number of nitrogens with two attached hydrogens (primary N) is 1. The molecule has 0 unspecified atom stereocenters. The van der Waals surface area contributed by atoms with Crippen LogP contribution in [0, 0.1) is 30.6 Å². The quantitative estimate of drug-likeness (QED) is 0.469. The molecule has 2 amide bonds. The summed E-state index contributed by atoms with van der Waals surface area (Å²) < 4.78 is 0. The van der Waals surface area contributed by atoms with Crippen LogP contribution < -0.4 is 11.1 Å². The summed E-state index contributed by atoms with van der Waals surface area (Å²) in [5.74, 6) is -3.08. The van der Waals surface area contributed by atoms with Gasteiger partial charge in [0.2, 0.25) is 5.91 Å². The molecule has 2 fully saturated rings. The molecule has 0 aliphatic heterocycles. The third-order valence-corrected chi connectivity index (χ3v) is 8.46. The van der Waals surface area contributed by atoms with E-state index in [0.717, 1.165) is 40.0 Å². The van der Waals surface area contributed by atoms with E-state index in [9.17, 15) is 19.5 Å². The second-order valence-corrected chi connectivity index (χ2v) is 11.2. The van der Waals surface area contributed by atoms with Crippen LogP contribution in [0.4, 0.5) is 5.00 Å². The van der Waals surface area contributed by atoms with Crippen LogP contribution in [-0.2, 0) is 9.59 Å². The second-order valence-electron chi connectivity index (χ2n) is 10.0. The van der Waals surface area contributed by atoms with Crippen molar-refractivity contribution in [1.82, 2.24) is 0 Å². The Balaban J connectivity index is 1.70. The number of thiophene rings is 1. The smallest absolute Gasteiger partial charge is 0.307 e. The molecule has 0 radical (unpaired) electrons. The first-order chi connectivity index (χ1) is 16.0. The molecule has 34 heavy (non-hydrogen) atoms. The molecular formula is C27H32N2O4S. The lowest BCUT2D eigenvalue weighted by Gasteiger charge is -2.26. The number of carboxylic acids is 1. The van der Waals surface area contributed by atoms with Gasteiger partial charge in [-0.3, -0.25) is 14.4 Å². The molecule has 2 aromatic rings. The van der Waals surface area contributed by atoms with Gasteiger partial charge in [-0.1, -0.05) is 49.3 Å². The predicted molar refractivity (Wildman–Crippen MR) is 135 cm³/mol. The topological polar surface area (TPSA) is 109 Å². The number of benzene rings is 1. The van der Waals surface area contributed by atoms with Crippen LogP contribution in [0.5, 0.6) is 0 Å². The fourth-order valence-corrected chi connectivity index (χ4v) is 7.13. The predicted octanol–water partition coefficient (Wildman–Crippen LogP) is 5.58. The van der Waals surface area contributed by atoms with Gasteiger partial charge in [0.1, 0.15) is 5.00 Å². The van der Waals surface area contributed by atoms with Crippen LogP contribution in [0.15, 0.2) is 35.4 Å². The summed E-state index contributed by atoms with van der Waals surface area (Å²) in [6.07, 6.45) is 1.61. The lowest BCUT2D eigenvalue weighted by molar-refractivity contribution is -0.148. The number of nitrogens with one attached hydrogen (secondary N) is 1. The summed E-state index contributed by atoms with van der Waals surface area (Å²) in [4.78, 5) is 39.0. The SMILES string of the molecule is CC(C)=C1[C@@H]2CC[C@@H]1[C@H](C(=O)Nc1sc(C)c(-c3ccc(C(C)C)cc3)c1C(N)=O)[C@H]2C(=O)O. The lowest BCUT2D eigenvalue weighted by Crippen LogP contribution is -2.38. The number of anilines is 1. The minimum Gasteiger partial charge on any atom is -0.481 e. The van der Waals surface area contributed by atoms with Crippen LogP contribution in [0.2, 0.25) is 0 Å². The number of hydrogen-bond acceptors (Lipinski definition) is 4. The summed E-state index contributed by atoms with van der Waals surface area (Å²) in [5, 5.41) is 13.3. The fraction of sp³-hybridized carbons (Fsp3) is 0.444. The summed E-state index contributed by atoms with van der Waals surface area (Å²) in [7, 11) is 0. The van der Waals surface area contributed by atoms with Crippen LogP contribution >= 0.6 is 11.3 Å². The van der Waals surface area contributed by atoms with E-state index in [1.54, 1.807) is 0 Å². The van der Waals surface area contributed by atoms with Crippen molar-refractivity contribution in [2.45, 2.75) is 53.4 Å². The number of primary amides is 1. The van der Waals surface area contributed by atoms with E-state index in [-0.39, 0.29) is 23.3 Å². The highest BCUT2D eigenvalue weighted by Crippen LogP contribution is 2.57. The molecule has 2 bridgehead atoms. The van der Waals surface area contributed by atoms with Gasteiger partial charge in [-0.2, -0.15) is 0 Å². The minimum atomic E-state index is -0.936. The number of aryl methyl sites for hydroxylation is 1. The van der Waals surface area contributed by atoms with Crippen molar-refractivity contribution in [2.24, 2.45) is 29.4 Å². The molecule has 0 saturated heterocycles. The first kappa shape index (κ1) is 24.2. The Labute approximate surface area is 204 Å². The second kappa shape index (κ2) is 9.02. The maximum Gasteiger partial charge on any atom is 0.307 e. The van der Waals surface area contributed by atoms with E-state index >= 15 is 0 Å². The van der Waals surface area contributed by atoms with E-state index in [0.29, 0.717) is 10.9 Å². The van der Waals surface area contributed by atoms with Gasteiger partial charge in [-0.25, -0.2) is 0 Å². The van der Waals surface area contributed by atoms with E-state index in [1.165, 1.54) is 16.9 Å². The molecule has 2 aliphatic carbocycles. The van der Waals surface area contributed by atoms with Gasteiger partial charge in [0.25, 0.3) is 5.91 Å². The van der Waals surface area contributed by atoms with E-state index in [2.05, 4.69) is 19.2 Å².